The van der Waals surface area contributed by atoms with Gasteiger partial charge in [0.15, 0.2) is 0 Å². The summed E-state index contributed by atoms with van der Waals surface area (Å²) in [7, 11) is 0. The number of fused-ring (bicyclic) bond motifs is 5. The number of hydrogen-bond acceptors (Lipinski definition) is 3. The SMILES string of the molecule is O=C(CC(c1cccc(F)c1)N1C(=O)C2C3C=CC(C3)C2C1=O)Nc1ccccc1. The molecule has 5 atom stereocenters. The molecule has 2 bridgehead atoms. The highest BCUT2D eigenvalue weighted by atomic mass is 19.1. The van der Waals surface area contributed by atoms with Crippen LogP contribution in [0.4, 0.5) is 10.1 Å². The van der Waals surface area contributed by atoms with Crippen molar-refractivity contribution < 1.29 is 18.8 Å². The number of para-hydroxylation sites is 1. The Hall–Kier alpha value is -3.28. The third-order valence-electron chi connectivity index (χ3n) is 6.49. The van der Waals surface area contributed by atoms with Crippen LogP contribution in [-0.2, 0) is 14.4 Å². The van der Waals surface area contributed by atoms with E-state index in [-0.39, 0.29) is 47.8 Å². The van der Waals surface area contributed by atoms with E-state index in [1.54, 1.807) is 30.3 Å². The summed E-state index contributed by atoms with van der Waals surface area (Å²) < 4.78 is 14.0. The van der Waals surface area contributed by atoms with Gasteiger partial charge in [-0.05, 0) is 48.1 Å². The predicted octanol–water partition coefficient (Wildman–Crippen LogP) is 3.70. The first-order valence-electron chi connectivity index (χ1n) is 10.2. The first-order chi connectivity index (χ1) is 14.5. The van der Waals surface area contributed by atoms with Crippen molar-refractivity contribution >= 4 is 23.4 Å². The number of likely N-dealkylation sites (tertiary alicyclic amines) is 1. The summed E-state index contributed by atoms with van der Waals surface area (Å²) in [6.45, 7) is 0. The lowest BCUT2D eigenvalue weighted by atomic mass is 9.85. The van der Waals surface area contributed by atoms with Crippen molar-refractivity contribution in [1.82, 2.24) is 4.90 Å². The number of nitrogens with zero attached hydrogens (tertiary/aromatic N) is 1. The van der Waals surface area contributed by atoms with Crippen LogP contribution in [0.2, 0.25) is 0 Å². The summed E-state index contributed by atoms with van der Waals surface area (Å²) in [6, 6.07) is 13.9. The van der Waals surface area contributed by atoms with Gasteiger partial charge in [-0.2, -0.15) is 0 Å². The molecule has 6 heteroatoms. The number of benzene rings is 2. The predicted molar refractivity (Wildman–Crippen MR) is 108 cm³/mol. The third kappa shape index (κ3) is 3.03. The van der Waals surface area contributed by atoms with Crippen molar-refractivity contribution in [2.75, 3.05) is 5.32 Å². The van der Waals surface area contributed by atoms with Gasteiger partial charge < -0.3 is 5.32 Å². The number of halogens is 1. The minimum absolute atomic E-state index is 0.0766. The van der Waals surface area contributed by atoms with Crippen LogP contribution in [0.1, 0.15) is 24.4 Å². The summed E-state index contributed by atoms with van der Waals surface area (Å²) in [5.41, 5.74) is 1.07. The van der Waals surface area contributed by atoms with E-state index in [0.29, 0.717) is 11.3 Å². The van der Waals surface area contributed by atoms with Gasteiger partial charge in [0.05, 0.1) is 24.3 Å². The maximum absolute atomic E-state index is 14.0. The molecule has 0 aromatic heterocycles. The van der Waals surface area contributed by atoms with Crippen molar-refractivity contribution in [2.45, 2.75) is 18.9 Å². The second-order valence-corrected chi connectivity index (χ2v) is 8.24. The topological polar surface area (TPSA) is 66.5 Å². The van der Waals surface area contributed by atoms with Crippen LogP contribution in [0.3, 0.4) is 0 Å². The Labute approximate surface area is 173 Å². The Morgan fingerprint density at radius 2 is 1.67 bits per heavy atom. The zero-order valence-corrected chi connectivity index (χ0v) is 16.2. The number of nitrogens with one attached hydrogen (secondary N) is 1. The smallest absolute Gasteiger partial charge is 0.234 e. The summed E-state index contributed by atoms with van der Waals surface area (Å²) in [6.07, 6.45) is 4.76. The molecule has 2 aromatic rings. The van der Waals surface area contributed by atoms with Gasteiger partial charge in [0, 0.05) is 5.69 Å². The molecule has 5 rings (SSSR count). The maximum atomic E-state index is 14.0. The Balaban J connectivity index is 1.45. The van der Waals surface area contributed by atoms with Gasteiger partial charge in [0.1, 0.15) is 5.82 Å². The van der Waals surface area contributed by atoms with Crippen LogP contribution in [0.15, 0.2) is 66.7 Å². The molecular formula is C24H21FN2O3. The second-order valence-electron chi connectivity index (χ2n) is 8.24. The Bertz CT molecular complexity index is 1020. The third-order valence-corrected chi connectivity index (χ3v) is 6.49. The molecule has 3 aliphatic rings. The summed E-state index contributed by atoms with van der Waals surface area (Å²) in [5, 5.41) is 2.80. The Morgan fingerprint density at radius 3 is 2.30 bits per heavy atom. The van der Waals surface area contributed by atoms with Crippen LogP contribution < -0.4 is 5.32 Å². The zero-order chi connectivity index (χ0) is 20.8. The number of rotatable bonds is 5. The molecule has 2 aliphatic carbocycles. The van der Waals surface area contributed by atoms with Crippen molar-refractivity contribution in [3.05, 3.63) is 78.1 Å². The monoisotopic (exact) mass is 404 g/mol. The first kappa shape index (κ1) is 18.7. The van der Waals surface area contributed by atoms with Gasteiger partial charge in [0.25, 0.3) is 0 Å². The molecule has 2 aromatic carbocycles. The molecule has 1 aliphatic heterocycles. The molecule has 5 unspecified atom stereocenters. The van der Waals surface area contributed by atoms with Crippen LogP contribution >= 0.6 is 0 Å². The quantitative estimate of drug-likeness (QED) is 0.610. The first-order valence-corrected chi connectivity index (χ1v) is 10.2. The van der Waals surface area contributed by atoms with E-state index in [4.69, 9.17) is 0 Å². The van der Waals surface area contributed by atoms with E-state index >= 15 is 0 Å². The van der Waals surface area contributed by atoms with Gasteiger partial charge in [-0.1, -0.05) is 42.5 Å². The molecule has 1 saturated heterocycles. The number of carbonyl (C=O) groups excluding carboxylic acids is 3. The minimum atomic E-state index is -0.839. The molecule has 0 radical (unpaired) electrons. The van der Waals surface area contributed by atoms with E-state index < -0.39 is 11.9 Å². The van der Waals surface area contributed by atoms with Crippen molar-refractivity contribution in [2.24, 2.45) is 23.7 Å². The highest BCUT2D eigenvalue weighted by molar-refractivity contribution is 6.07. The van der Waals surface area contributed by atoms with E-state index in [2.05, 4.69) is 5.32 Å². The van der Waals surface area contributed by atoms with Crippen LogP contribution in [0.5, 0.6) is 0 Å². The Morgan fingerprint density at radius 1 is 1.00 bits per heavy atom. The molecule has 152 valence electrons. The molecule has 2 fully saturated rings. The van der Waals surface area contributed by atoms with Crippen LogP contribution in [-0.4, -0.2) is 22.6 Å². The fraction of sp³-hybridized carbons (Fsp3) is 0.292. The zero-order valence-electron chi connectivity index (χ0n) is 16.2. The Kier molecular flexibility index (Phi) is 4.50. The lowest BCUT2D eigenvalue weighted by Crippen LogP contribution is -2.38. The molecule has 1 saturated carbocycles. The highest BCUT2D eigenvalue weighted by Crippen LogP contribution is 2.54. The summed E-state index contributed by atoms with van der Waals surface area (Å²) in [4.78, 5) is 40.5. The van der Waals surface area contributed by atoms with Gasteiger partial charge in [-0.15, -0.1) is 0 Å². The van der Waals surface area contributed by atoms with E-state index in [9.17, 15) is 18.8 Å². The lowest BCUT2D eigenvalue weighted by molar-refractivity contribution is -0.144. The second kappa shape index (κ2) is 7.20. The standard InChI is InChI=1S/C24H21FN2O3/c25-17-6-4-5-14(12-17)19(13-20(28)26-18-7-2-1-3-8-18)27-23(29)21-15-9-10-16(11-15)22(21)24(27)30/h1-10,12,15-16,19,21-22H,11,13H2,(H,26,28). The fourth-order valence-corrected chi connectivity index (χ4v) is 5.21. The van der Waals surface area contributed by atoms with Crippen molar-refractivity contribution in [3.8, 4) is 0 Å². The number of anilines is 1. The molecule has 3 amide bonds. The molecule has 1 heterocycles. The number of amides is 3. The van der Waals surface area contributed by atoms with Gasteiger partial charge in [0.2, 0.25) is 17.7 Å². The minimum Gasteiger partial charge on any atom is -0.326 e. The van der Waals surface area contributed by atoms with Crippen molar-refractivity contribution in [3.63, 3.8) is 0 Å². The molecule has 30 heavy (non-hydrogen) atoms. The summed E-state index contributed by atoms with van der Waals surface area (Å²) in [5.74, 6) is -1.87. The van der Waals surface area contributed by atoms with Crippen molar-refractivity contribution in [1.29, 1.82) is 0 Å². The maximum Gasteiger partial charge on any atom is 0.234 e. The van der Waals surface area contributed by atoms with E-state index in [0.717, 1.165) is 6.42 Å². The van der Waals surface area contributed by atoms with Crippen LogP contribution in [0, 0.1) is 29.5 Å². The van der Waals surface area contributed by atoms with E-state index in [1.165, 1.54) is 23.1 Å². The molecule has 5 nitrogen and oxygen atoms in total. The van der Waals surface area contributed by atoms with Gasteiger partial charge in [-0.25, -0.2) is 4.39 Å². The number of hydrogen-bond donors (Lipinski definition) is 1. The average Bonchev–Trinajstić information content (AvgIpc) is 3.41. The van der Waals surface area contributed by atoms with Gasteiger partial charge in [-0.3, -0.25) is 19.3 Å². The number of imide groups is 1. The molecule has 0 spiro atoms. The summed E-state index contributed by atoms with van der Waals surface area (Å²) >= 11 is 0. The normalized spacial score (nSPS) is 27.4. The lowest BCUT2D eigenvalue weighted by Gasteiger charge is -2.28. The number of carbonyl (C=O) groups is 3. The number of allylic oxidation sites excluding steroid dienone is 2. The van der Waals surface area contributed by atoms with Gasteiger partial charge >= 0.3 is 0 Å². The van der Waals surface area contributed by atoms with E-state index in [1.807, 2.05) is 18.2 Å². The fourth-order valence-electron chi connectivity index (χ4n) is 5.21. The highest BCUT2D eigenvalue weighted by Gasteiger charge is 2.60. The molecule has 1 N–H and O–H groups in total. The molecular weight excluding hydrogens is 383 g/mol. The average molecular weight is 404 g/mol. The largest absolute Gasteiger partial charge is 0.326 e. The van der Waals surface area contributed by atoms with Crippen LogP contribution in [0.25, 0.3) is 0 Å².